The number of hydrogen-bond acceptors (Lipinski definition) is 3. The van der Waals surface area contributed by atoms with Crippen molar-refractivity contribution >= 4 is 27.7 Å². The zero-order valence-electron chi connectivity index (χ0n) is 13.9. The first-order valence-electron chi connectivity index (χ1n) is 8.50. The van der Waals surface area contributed by atoms with Crippen molar-refractivity contribution in [2.75, 3.05) is 32.8 Å². The molecule has 0 spiro atoms. The van der Waals surface area contributed by atoms with Gasteiger partial charge in [0, 0.05) is 42.1 Å². The van der Waals surface area contributed by atoms with Crippen LogP contribution in [-0.4, -0.2) is 60.5 Å². The number of amides is 2. The second-order valence-electron chi connectivity index (χ2n) is 6.54. The highest BCUT2D eigenvalue weighted by molar-refractivity contribution is 9.10. The van der Waals surface area contributed by atoms with Gasteiger partial charge in [0.25, 0.3) is 5.91 Å². The summed E-state index contributed by atoms with van der Waals surface area (Å²) in [5.41, 5.74) is 0.699. The van der Waals surface area contributed by atoms with Crippen molar-refractivity contribution in [2.45, 2.75) is 25.9 Å². The Balaban J connectivity index is 1.54. The number of carbonyl (C=O) groups excluding carboxylic acids is 2. The Bertz CT molecular complexity index is 597. The molecule has 2 heterocycles. The van der Waals surface area contributed by atoms with Crippen LogP contribution in [0, 0.1) is 5.92 Å². The van der Waals surface area contributed by atoms with Gasteiger partial charge >= 0.3 is 0 Å². The van der Waals surface area contributed by atoms with Crippen LogP contribution in [-0.2, 0) is 9.53 Å². The zero-order valence-corrected chi connectivity index (χ0v) is 15.5. The monoisotopic (exact) mass is 394 g/mol. The molecule has 2 saturated heterocycles. The molecule has 1 aromatic carbocycles. The van der Waals surface area contributed by atoms with Gasteiger partial charge < -0.3 is 14.5 Å². The summed E-state index contributed by atoms with van der Waals surface area (Å²) in [6, 6.07) is 7.42. The summed E-state index contributed by atoms with van der Waals surface area (Å²) in [6.07, 6.45) is 1.60. The van der Waals surface area contributed by atoms with Crippen LogP contribution in [0.1, 0.15) is 30.1 Å². The van der Waals surface area contributed by atoms with Gasteiger partial charge in [-0.25, -0.2) is 0 Å². The SMILES string of the molecule is C[C@@H]1CN(C(=O)C2CCN(C(=O)c3ccc(Br)cc3)CC2)CCO1. The summed E-state index contributed by atoms with van der Waals surface area (Å²) in [7, 11) is 0. The van der Waals surface area contributed by atoms with Crippen molar-refractivity contribution < 1.29 is 14.3 Å². The zero-order chi connectivity index (χ0) is 17.1. The molecule has 0 saturated carbocycles. The highest BCUT2D eigenvalue weighted by atomic mass is 79.9. The minimum Gasteiger partial charge on any atom is -0.375 e. The van der Waals surface area contributed by atoms with Gasteiger partial charge in [0.15, 0.2) is 0 Å². The topological polar surface area (TPSA) is 49.9 Å². The van der Waals surface area contributed by atoms with E-state index in [-0.39, 0.29) is 23.8 Å². The molecule has 1 atom stereocenters. The lowest BCUT2D eigenvalue weighted by Crippen LogP contribution is -2.49. The molecule has 24 heavy (non-hydrogen) atoms. The number of ether oxygens (including phenoxy) is 1. The Morgan fingerprint density at radius 1 is 1.08 bits per heavy atom. The largest absolute Gasteiger partial charge is 0.375 e. The van der Waals surface area contributed by atoms with Crippen molar-refractivity contribution in [1.29, 1.82) is 0 Å². The average molecular weight is 395 g/mol. The number of morpholine rings is 1. The van der Waals surface area contributed by atoms with Gasteiger partial charge in [-0.3, -0.25) is 9.59 Å². The number of hydrogen-bond donors (Lipinski definition) is 0. The van der Waals surface area contributed by atoms with Crippen LogP contribution >= 0.6 is 15.9 Å². The van der Waals surface area contributed by atoms with Gasteiger partial charge in [0.2, 0.25) is 5.91 Å². The molecule has 130 valence electrons. The third kappa shape index (κ3) is 3.98. The van der Waals surface area contributed by atoms with Crippen LogP contribution < -0.4 is 0 Å². The molecule has 0 aromatic heterocycles. The number of likely N-dealkylation sites (tertiary alicyclic amines) is 1. The first-order valence-corrected chi connectivity index (χ1v) is 9.29. The summed E-state index contributed by atoms with van der Waals surface area (Å²) >= 11 is 3.38. The standard InChI is InChI=1S/C18H23BrN2O3/c1-13-12-21(10-11-24-13)18(23)15-6-8-20(9-7-15)17(22)14-2-4-16(19)5-3-14/h2-5,13,15H,6-12H2,1H3/t13-/m1/s1. The number of benzene rings is 1. The summed E-state index contributed by atoms with van der Waals surface area (Å²) in [6.45, 7) is 5.27. The van der Waals surface area contributed by atoms with E-state index < -0.39 is 0 Å². The number of halogens is 1. The summed E-state index contributed by atoms with van der Waals surface area (Å²) < 4.78 is 6.46. The molecular formula is C18H23BrN2O3. The molecular weight excluding hydrogens is 372 g/mol. The lowest BCUT2D eigenvalue weighted by atomic mass is 9.94. The highest BCUT2D eigenvalue weighted by Crippen LogP contribution is 2.23. The smallest absolute Gasteiger partial charge is 0.253 e. The first-order chi connectivity index (χ1) is 11.5. The van der Waals surface area contributed by atoms with Crippen LogP contribution in [0.25, 0.3) is 0 Å². The van der Waals surface area contributed by atoms with E-state index in [1.165, 1.54) is 0 Å². The first kappa shape index (κ1) is 17.4. The normalized spacial score (nSPS) is 22.5. The lowest BCUT2D eigenvalue weighted by molar-refractivity contribution is -0.143. The fraction of sp³-hybridized carbons (Fsp3) is 0.556. The Labute approximate surface area is 151 Å². The minimum atomic E-state index is 0.0317. The van der Waals surface area contributed by atoms with E-state index in [1.54, 1.807) is 0 Å². The molecule has 2 aliphatic heterocycles. The lowest BCUT2D eigenvalue weighted by Gasteiger charge is -2.37. The molecule has 0 unspecified atom stereocenters. The van der Waals surface area contributed by atoms with Crippen molar-refractivity contribution in [3.8, 4) is 0 Å². The highest BCUT2D eigenvalue weighted by Gasteiger charge is 2.32. The van der Waals surface area contributed by atoms with Gasteiger partial charge in [-0.1, -0.05) is 15.9 Å². The predicted octanol–water partition coefficient (Wildman–Crippen LogP) is 2.55. The van der Waals surface area contributed by atoms with Gasteiger partial charge in [-0.15, -0.1) is 0 Å². The molecule has 2 fully saturated rings. The molecule has 3 rings (SSSR count). The average Bonchev–Trinajstić information content (AvgIpc) is 2.61. The maximum Gasteiger partial charge on any atom is 0.253 e. The summed E-state index contributed by atoms with van der Waals surface area (Å²) in [5.74, 6) is 0.304. The predicted molar refractivity (Wildman–Crippen MR) is 94.8 cm³/mol. The Morgan fingerprint density at radius 2 is 1.75 bits per heavy atom. The fourth-order valence-corrected chi connectivity index (χ4v) is 3.65. The van der Waals surface area contributed by atoms with E-state index in [4.69, 9.17) is 4.74 Å². The Kier molecular flexibility index (Phi) is 5.56. The van der Waals surface area contributed by atoms with E-state index in [9.17, 15) is 9.59 Å². The number of nitrogens with zero attached hydrogens (tertiary/aromatic N) is 2. The molecule has 2 aliphatic rings. The number of rotatable bonds is 2. The Hall–Kier alpha value is -1.40. The number of carbonyl (C=O) groups is 2. The fourth-order valence-electron chi connectivity index (χ4n) is 3.38. The summed E-state index contributed by atoms with van der Waals surface area (Å²) in [5, 5.41) is 0. The molecule has 0 radical (unpaired) electrons. The molecule has 0 aliphatic carbocycles. The summed E-state index contributed by atoms with van der Waals surface area (Å²) in [4.78, 5) is 29.0. The van der Waals surface area contributed by atoms with Crippen LogP contribution in [0.5, 0.6) is 0 Å². The maximum absolute atomic E-state index is 12.6. The molecule has 2 amide bonds. The third-order valence-electron chi connectivity index (χ3n) is 4.78. The van der Waals surface area contributed by atoms with Crippen LogP contribution in [0.15, 0.2) is 28.7 Å². The molecule has 0 N–H and O–H groups in total. The minimum absolute atomic E-state index is 0.0317. The molecule has 6 heteroatoms. The van der Waals surface area contributed by atoms with E-state index in [0.717, 1.165) is 17.3 Å². The van der Waals surface area contributed by atoms with Crippen molar-refractivity contribution in [3.63, 3.8) is 0 Å². The van der Waals surface area contributed by atoms with Crippen LogP contribution in [0.3, 0.4) is 0 Å². The third-order valence-corrected chi connectivity index (χ3v) is 5.30. The van der Waals surface area contributed by atoms with Crippen LogP contribution in [0.2, 0.25) is 0 Å². The second kappa shape index (κ2) is 7.66. The van der Waals surface area contributed by atoms with Crippen LogP contribution in [0.4, 0.5) is 0 Å². The van der Waals surface area contributed by atoms with Crippen molar-refractivity contribution in [1.82, 2.24) is 9.80 Å². The Morgan fingerprint density at radius 3 is 2.38 bits per heavy atom. The second-order valence-corrected chi connectivity index (χ2v) is 7.45. The number of piperidine rings is 1. The van der Waals surface area contributed by atoms with E-state index >= 15 is 0 Å². The van der Waals surface area contributed by atoms with Gasteiger partial charge in [0.1, 0.15) is 0 Å². The molecule has 5 nitrogen and oxygen atoms in total. The van der Waals surface area contributed by atoms with Crippen molar-refractivity contribution in [3.05, 3.63) is 34.3 Å². The van der Waals surface area contributed by atoms with Gasteiger partial charge in [-0.2, -0.15) is 0 Å². The van der Waals surface area contributed by atoms with Gasteiger partial charge in [-0.05, 0) is 44.0 Å². The quantitative estimate of drug-likeness (QED) is 0.774. The van der Waals surface area contributed by atoms with Gasteiger partial charge in [0.05, 0.1) is 12.7 Å². The van der Waals surface area contributed by atoms with E-state index in [2.05, 4.69) is 15.9 Å². The van der Waals surface area contributed by atoms with E-state index in [0.29, 0.717) is 38.3 Å². The van der Waals surface area contributed by atoms with E-state index in [1.807, 2.05) is 41.0 Å². The molecule has 1 aromatic rings. The molecule has 0 bridgehead atoms. The maximum atomic E-state index is 12.6. The van der Waals surface area contributed by atoms with Crippen molar-refractivity contribution in [2.24, 2.45) is 5.92 Å².